The summed E-state index contributed by atoms with van der Waals surface area (Å²) in [6.45, 7) is 10.1. The van der Waals surface area contributed by atoms with Gasteiger partial charge in [0.1, 0.15) is 0 Å². The molecule has 0 aliphatic rings. The number of hydrogen-bond acceptors (Lipinski definition) is 3. The van der Waals surface area contributed by atoms with Crippen molar-refractivity contribution in [2.75, 3.05) is 25.0 Å². The third-order valence-electron chi connectivity index (χ3n) is 4.78. The van der Waals surface area contributed by atoms with Gasteiger partial charge in [0.25, 0.3) is 0 Å². The number of amides is 1. The number of halogens is 1. The molecule has 1 aromatic carbocycles. The van der Waals surface area contributed by atoms with Gasteiger partial charge in [0.2, 0.25) is 5.91 Å². The molecule has 6 nitrogen and oxygen atoms in total. The molecule has 0 aromatic heterocycles. The Balaban J connectivity index is 0.00000676. The van der Waals surface area contributed by atoms with Crippen molar-refractivity contribution in [1.29, 1.82) is 0 Å². The summed E-state index contributed by atoms with van der Waals surface area (Å²) in [6.07, 6.45) is 2.80. The number of carbonyl (C=O) groups excluding carboxylic acids is 1. The average molecular weight is 490 g/mol. The van der Waals surface area contributed by atoms with E-state index in [1.807, 2.05) is 31.2 Å². The number of aliphatic imine (C=N–C) groups is 1. The topological polar surface area (TPSA) is 85.8 Å². The molecule has 0 bridgehead atoms. The summed E-state index contributed by atoms with van der Waals surface area (Å²) < 4.78 is 0. The summed E-state index contributed by atoms with van der Waals surface area (Å²) >= 11 is 0. The van der Waals surface area contributed by atoms with Crippen LogP contribution >= 0.6 is 24.0 Å². The molecule has 0 radical (unpaired) electrons. The molecule has 154 valence electrons. The van der Waals surface area contributed by atoms with Crippen molar-refractivity contribution in [2.24, 2.45) is 10.4 Å². The van der Waals surface area contributed by atoms with Gasteiger partial charge in [-0.25, -0.2) is 4.99 Å². The molecular weight excluding hydrogens is 455 g/mol. The van der Waals surface area contributed by atoms with Crippen LogP contribution in [0.1, 0.15) is 52.5 Å². The van der Waals surface area contributed by atoms with E-state index in [4.69, 9.17) is 0 Å². The zero-order valence-corrected chi connectivity index (χ0v) is 19.3. The summed E-state index contributed by atoms with van der Waals surface area (Å²) in [7, 11) is 0. The first-order chi connectivity index (χ1) is 12.5. The Morgan fingerprint density at radius 1 is 1.19 bits per heavy atom. The Morgan fingerprint density at radius 3 is 2.44 bits per heavy atom. The highest BCUT2D eigenvalue weighted by Crippen LogP contribution is 2.29. The molecule has 0 saturated heterocycles. The van der Waals surface area contributed by atoms with E-state index in [9.17, 15) is 9.90 Å². The second-order valence-electron chi connectivity index (χ2n) is 6.61. The number of nitrogens with one attached hydrogen (secondary N) is 3. The minimum Gasteiger partial charge on any atom is -0.396 e. The lowest BCUT2D eigenvalue weighted by Gasteiger charge is -2.32. The van der Waals surface area contributed by atoms with Crippen molar-refractivity contribution in [2.45, 2.75) is 53.5 Å². The molecule has 0 unspecified atom stereocenters. The van der Waals surface area contributed by atoms with Crippen LogP contribution in [0.5, 0.6) is 0 Å². The number of hydrogen-bond donors (Lipinski definition) is 4. The number of rotatable bonds is 10. The van der Waals surface area contributed by atoms with Gasteiger partial charge in [-0.3, -0.25) is 4.79 Å². The van der Waals surface area contributed by atoms with Crippen molar-refractivity contribution >= 4 is 41.5 Å². The molecule has 4 N–H and O–H groups in total. The molecule has 7 heteroatoms. The summed E-state index contributed by atoms with van der Waals surface area (Å²) in [6, 6.07) is 7.70. The van der Waals surface area contributed by atoms with Crippen LogP contribution in [0.3, 0.4) is 0 Å². The van der Waals surface area contributed by atoms with Gasteiger partial charge < -0.3 is 21.1 Å². The summed E-state index contributed by atoms with van der Waals surface area (Å²) in [4.78, 5) is 15.8. The van der Waals surface area contributed by atoms with E-state index >= 15 is 0 Å². The number of guanidine groups is 1. The van der Waals surface area contributed by atoms with Crippen LogP contribution in [0.2, 0.25) is 0 Å². The minimum atomic E-state index is -0.0833. The smallest absolute Gasteiger partial charge is 0.221 e. The zero-order valence-electron chi connectivity index (χ0n) is 17.0. The maximum atomic E-state index is 11.2. The van der Waals surface area contributed by atoms with Crippen LogP contribution in [0.25, 0.3) is 0 Å². The number of carbonyl (C=O) groups is 1. The lowest BCUT2D eigenvalue weighted by Crippen LogP contribution is -2.43. The highest BCUT2D eigenvalue weighted by atomic mass is 127. The normalized spacial score (nSPS) is 11.5. The van der Waals surface area contributed by atoms with Gasteiger partial charge in [0.05, 0.1) is 6.54 Å². The second kappa shape index (κ2) is 13.8. The predicted molar refractivity (Wildman–Crippen MR) is 124 cm³/mol. The molecule has 0 heterocycles. The van der Waals surface area contributed by atoms with Crippen LogP contribution in [0, 0.1) is 5.41 Å². The Hall–Kier alpha value is -1.35. The molecule has 0 saturated carbocycles. The van der Waals surface area contributed by atoms with E-state index < -0.39 is 0 Å². The summed E-state index contributed by atoms with van der Waals surface area (Å²) in [5, 5.41) is 18.9. The van der Waals surface area contributed by atoms with Crippen molar-refractivity contribution in [3.8, 4) is 0 Å². The SMILES string of the molecule is CCNC(=NCc1cccc(NC(C)=O)c1)NCC(CC)(CC)CCO.I. The van der Waals surface area contributed by atoms with Gasteiger partial charge in [-0.2, -0.15) is 0 Å². The third-order valence-corrected chi connectivity index (χ3v) is 4.78. The molecule has 0 fully saturated rings. The number of anilines is 1. The van der Waals surface area contributed by atoms with Crippen LogP contribution in [-0.2, 0) is 11.3 Å². The average Bonchev–Trinajstić information content (AvgIpc) is 2.62. The molecule has 0 spiro atoms. The van der Waals surface area contributed by atoms with Gasteiger partial charge in [0.15, 0.2) is 5.96 Å². The fraction of sp³-hybridized carbons (Fsp3) is 0.600. The largest absolute Gasteiger partial charge is 0.396 e. The van der Waals surface area contributed by atoms with E-state index in [0.29, 0.717) is 6.54 Å². The fourth-order valence-corrected chi connectivity index (χ4v) is 2.91. The molecule has 0 atom stereocenters. The van der Waals surface area contributed by atoms with Gasteiger partial charge in [0, 0.05) is 32.3 Å². The number of aliphatic hydroxyl groups excluding tert-OH is 1. The highest BCUT2D eigenvalue weighted by molar-refractivity contribution is 14.0. The van der Waals surface area contributed by atoms with Crippen LogP contribution in [0.15, 0.2) is 29.3 Å². The van der Waals surface area contributed by atoms with Crippen LogP contribution < -0.4 is 16.0 Å². The molecule has 1 rings (SSSR count). The fourth-order valence-electron chi connectivity index (χ4n) is 2.91. The first-order valence-electron chi connectivity index (χ1n) is 9.48. The maximum absolute atomic E-state index is 11.2. The van der Waals surface area contributed by atoms with Gasteiger partial charge in [-0.15, -0.1) is 24.0 Å². The van der Waals surface area contributed by atoms with Gasteiger partial charge >= 0.3 is 0 Å². The van der Waals surface area contributed by atoms with Crippen LogP contribution in [0.4, 0.5) is 5.69 Å². The second-order valence-corrected chi connectivity index (χ2v) is 6.61. The van der Waals surface area contributed by atoms with E-state index in [-0.39, 0.29) is 41.9 Å². The Kier molecular flexibility index (Phi) is 13.1. The number of aliphatic hydroxyl groups is 1. The maximum Gasteiger partial charge on any atom is 0.221 e. The zero-order chi connectivity index (χ0) is 19.4. The van der Waals surface area contributed by atoms with E-state index in [2.05, 4.69) is 34.8 Å². The van der Waals surface area contributed by atoms with Gasteiger partial charge in [-0.05, 0) is 49.3 Å². The van der Waals surface area contributed by atoms with E-state index in [1.54, 1.807) is 0 Å². The van der Waals surface area contributed by atoms with Crippen molar-refractivity contribution < 1.29 is 9.90 Å². The standard InChI is InChI=1S/C20H34N4O2.HI/c1-5-20(6-2,11-12-25)15-23-19(21-7-3)22-14-17-9-8-10-18(13-17)24-16(4)26;/h8-10,13,25H,5-7,11-12,14-15H2,1-4H3,(H,24,26)(H2,21,22,23);1H. The first kappa shape index (κ1) is 25.6. The first-order valence-corrected chi connectivity index (χ1v) is 9.48. The molecule has 0 aliphatic heterocycles. The van der Waals surface area contributed by atoms with Crippen molar-refractivity contribution in [3.63, 3.8) is 0 Å². The van der Waals surface area contributed by atoms with Gasteiger partial charge in [-0.1, -0.05) is 26.0 Å². The minimum absolute atomic E-state index is 0. The molecule has 1 amide bonds. The molecule has 27 heavy (non-hydrogen) atoms. The molecule has 1 aromatic rings. The molecule has 0 aliphatic carbocycles. The lowest BCUT2D eigenvalue weighted by atomic mass is 9.79. The summed E-state index contributed by atoms with van der Waals surface area (Å²) in [5.74, 6) is 0.682. The lowest BCUT2D eigenvalue weighted by molar-refractivity contribution is -0.114. The Morgan fingerprint density at radius 2 is 1.89 bits per heavy atom. The third kappa shape index (κ3) is 9.41. The predicted octanol–water partition coefficient (Wildman–Crippen LogP) is 3.51. The number of benzene rings is 1. The monoisotopic (exact) mass is 490 g/mol. The Bertz CT molecular complexity index is 589. The van der Waals surface area contributed by atoms with E-state index in [0.717, 1.165) is 49.6 Å². The van der Waals surface area contributed by atoms with Crippen molar-refractivity contribution in [3.05, 3.63) is 29.8 Å². The summed E-state index contributed by atoms with van der Waals surface area (Å²) in [5.41, 5.74) is 1.89. The quantitative estimate of drug-likeness (QED) is 0.230. The highest BCUT2D eigenvalue weighted by Gasteiger charge is 2.25. The van der Waals surface area contributed by atoms with Crippen molar-refractivity contribution in [1.82, 2.24) is 10.6 Å². The van der Waals surface area contributed by atoms with Crippen LogP contribution in [-0.4, -0.2) is 36.7 Å². The van der Waals surface area contributed by atoms with E-state index in [1.165, 1.54) is 6.92 Å². The molecular formula is C20H35IN4O2. The number of nitrogens with zero attached hydrogens (tertiary/aromatic N) is 1. The Labute approximate surface area is 180 Å².